The van der Waals surface area contributed by atoms with Crippen LogP contribution in [-0.4, -0.2) is 40.3 Å². The largest absolute Gasteiger partial charge is 0.370 e. The second-order valence-corrected chi connectivity index (χ2v) is 8.79. The van der Waals surface area contributed by atoms with Gasteiger partial charge in [-0.15, -0.1) is 11.3 Å². The molecule has 5 nitrogen and oxygen atoms in total. The maximum atomic E-state index is 12.8. The van der Waals surface area contributed by atoms with Gasteiger partial charge in [-0.2, -0.15) is 13.9 Å². The highest BCUT2D eigenvalue weighted by atomic mass is 32.1. The lowest BCUT2D eigenvalue weighted by atomic mass is 9.82. The summed E-state index contributed by atoms with van der Waals surface area (Å²) < 4.78 is 32.3. The smallest absolute Gasteiger partial charge is 0.333 e. The molecule has 0 bridgehead atoms. The van der Waals surface area contributed by atoms with Gasteiger partial charge in [0.15, 0.2) is 5.69 Å². The van der Waals surface area contributed by atoms with Gasteiger partial charge in [0.1, 0.15) is 0 Å². The summed E-state index contributed by atoms with van der Waals surface area (Å²) in [5.41, 5.74) is 2.12. The summed E-state index contributed by atoms with van der Waals surface area (Å²) in [7, 11) is 0. The molecule has 0 aliphatic carbocycles. The predicted molar refractivity (Wildman–Crippen MR) is 110 cm³/mol. The van der Waals surface area contributed by atoms with E-state index in [1.54, 1.807) is 4.90 Å². The first-order valence-corrected chi connectivity index (χ1v) is 10.8. The van der Waals surface area contributed by atoms with Crippen LogP contribution < -0.4 is 0 Å². The summed E-state index contributed by atoms with van der Waals surface area (Å²) in [6.07, 6.45) is 3.41. The molecule has 0 unspecified atom stereocenters. The zero-order chi connectivity index (χ0) is 20.7. The number of piperidine rings is 1. The standard InChI is InChI=1S/C22H21F2N3O2S/c23-21(24)27-10-6-17(25-27)20(28)26-11-8-22(9-12-26)16-14-19(15-4-2-1-3-5-15)30-18(16)7-13-29-22/h1-6,10,14,21H,7-9,11-13H2. The van der Waals surface area contributed by atoms with E-state index in [-0.39, 0.29) is 17.2 Å². The number of hydrogen-bond donors (Lipinski definition) is 0. The fourth-order valence-corrected chi connectivity index (χ4v) is 5.61. The third-order valence-corrected chi connectivity index (χ3v) is 7.20. The number of fused-ring (bicyclic) bond motifs is 2. The van der Waals surface area contributed by atoms with Crippen LogP contribution in [0.25, 0.3) is 10.4 Å². The first-order chi connectivity index (χ1) is 14.6. The van der Waals surface area contributed by atoms with Crippen molar-refractivity contribution in [3.05, 3.63) is 64.8 Å². The van der Waals surface area contributed by atoms with Crippen molar-refractivity contribution in [2.45, 2.75) is 31.4 Å². The van der Waals surface area contributed by atoms with Gasteiger partial charge in [-0.1, -0.05) is 30.3 Å². The number of amides is 1. The minimum Gasteiger partial charge on any atom is -0.370 e. The highest BCUT2D eigenvalue weighted by Crippen LogP contribution is 2.46. The second-order valence-electron chi connectivity index (χ2n) is 7.66. The molecule has 0 atom stereocenters. The third kappa shape index (κ3) is 3.33. The average Bonchev–Trinajstić information content (AvgIpc) is 3.43. The first kappa shape index (κ1) is 19.4. The Morgan fingerprint density at radius 3 is 2.63 bits per heavy atom. The molecule has 8 heteroatoms. The number of alkyl halides is 2. The number of nitrogens with zero attached hydrogens (tertiary/aromatic N) is 3. The van der Waals surface area contributed by atoms with Crippen LogP contribution in [0.4, 0.5) is 8.78 Å². The van der Waals surface area contributed by atoms with Crippen LogP contribution in [0.15, 0.2) is 48.7 Å². The quantitative estimate of drug-likeness (QED) is 0.606. The molecule has 1 fully saturated rings. The number of aromatic nitrogens is 2. The van der Waals surface area contributed by atoms with Gasteiger partial charge in [0, 0.05) is 35.5 Å². The van der Waals surface area contributed by atoms with Crippen LogP contribution in [0, 0.1) is 0 Å². The van der Waals surface area contributed by atoms with Crippen molar-refractivity contribution in [2.75, 3.05) is 19.7 Å². The second kappa shape index (κ2) is 7.59. The van der Waals surface area contributed by atoms with E-state index in [0.717, 1.165) is 12.6 Å². The van der Waals surface area contributed by atoms with Gasteiger partial charge in [-0.25, -0.2) is 4.68 Å². The maximum Gasteiger partial charge on any atom is 0.333 e. The normalized spacial score (nSPS) is 18.0. The molecular formula is C22H21F2N3O2S. The van der Waals surface area contributed by atoms with Gasteiger partial charge in [0.25, 0.3) is 5.91 Å². The zero-order valence-corrected chi connectivity index (χ0v) is 17.1. The van der Waals surface area contributed by atoms with E-state index in [4.69, 9.17) is 4.74 Å². The lowest BCUT2D eigenvalue weighted by Crippen LogP contribution is -2.48. The third-order valence-electron chi connectivity index (χ3n) is 5.95. The lowest BCUT2D eigenvalue weighted by molar-refractivity contribution is -0.0926. The average molecular weight is 429 g/mol. The summed E-state index contributed by atoms with van der Waals surface area (Å²) in [5, 5.41) is 3.71. The molecule has 1 spiro atoms. The van der Waals surface area contributed by atoms with Crippen molar-refractivity contribution < 1.29 is 18.3 Å². The van der Waals surface area contributed by atoms with E-state index >= 15 is 0 Å². The molecule has 1 aromatic carbocycles. The molecule has 0 radical (unpaired) electrons. The molecule has 5 rings (SSSR count). The van der Waals surface area contributed by atoms with Gasteiger partial charge in [0.05, 0.1) is 12.2 Å². The Kier molecular flexibility index (Phi) is 4.91. The summed E-state index contributed by atoms with van der Waals surface area (Å²) >= 11 is 1.82. The lowest BCUT2D eigenvalue weighted by Gasteiger charge is -2.43. The topological polar surface area (TPSA) is 47.4 Å². The molecule has 0 N–H and O–H groups in total. The molecule has 3 aromatic rings. The van der Waals surface area contributed by atoms with Gasteiger partial charge >= 0.3 is 6.55 Å². The van der Waals surface area contributed by atoms with Crippen LogP contribution >= 0.6 is 11.3 Å². The van der Waals surface area contributed by atoms with Crippen molar-refractivity contribution in [1.29, 1.82) is 0 Å². The highest BCUT2D eigenvalue weighted by Gasteiger charge is 2.43. The molecular weight excluding hydrogens is 408 g/mol. The SMILES string of the molecule is O=C(c1ccn(C(F)F)n1)N1CCC2(CC1)OCCc1sc(-c3ccccc3)cc12. The van der Waals surface area contributed by atoms with Crippen molar-refractivity contribution >= 4 is 17.2 Å². The van der Waals surface area contributed by atoms with Crippen molar-refractivity contribution in [3.8, 4) is 10.4 Å². The van der Waals surface area contributed by atoms with Crippen LogP contribution in [0.2, 0.25) is 0 Å². The fourth-order valence-electron chi connectivity index (χ4n) is 4.37. The van der Waals surface area contributed by atoms with E-state index in [0.29, 0.717) is 37.2 Å². The Morgan fingerprint density at radius 2 is 1.93 bits per heavy atom. The Balaban J connectivity index is 1.35. The van der Waals surface area contributed by atoms with Crippen LogP contribution in [0.1, 0.15) is 40.3 Å². The van der Waals surface area contributed by atoms with Crippen molar-refractivity contribution in [2.24, 2.45) is 0 Å². The van der Waals surface area contributed by atoms with Crippen LogP contribution in [0.3, 0.4) is 0 Å². The zero-order valence-electron chi connectivity index (χ0n) is 16.3. The van der Waals surface area contributed by atoms with Crippen molar-refractivity contribution in [1.82, 2.24) is 14.7 Å². The van der Waals surface area contributed by atoms with E-state index in [9.17, 15) is 13.6 Å². The maximum absolute atomic E-state index is 12.8. The number of halogens is 2. The molecule has 156 valence electrons. The minimum atomic E-state index is -2.75. The number of carbonyl (C=O) groups is 1. The van der Waals surface area contributed by atoms with Gasteiger partial charge in [-0.05, 0) is 36.1 Å². The minimum absolute atomic E-state index is 0.0541. The van der Waals surface area contributed by atoms with E-state index in [2.05, 4.69) is 23.3 Å². The molecule has 0 saturated carbocycles. The summed E-state index contributed by atoms with van der Waals surface area (Å²) in [4.78, 5) is 17.0. The number of thiophene rings is 1. The fraction of sp³-hybridized carbons (Fsp3) is 0.364. The van der Waals surface area contributed by atoms with E-state index in [1.807, 2.05) is 29.5 Å². The predicted octanol–water partition coefficient (Wildman–Crippen LogP) is 4.71. The number of hydrogen-bond acceptors (Lipinski definition) is 4. The monoisotopic (exact) mass is 429 g/mol. The molecule has 4 heterocycles. The van der Waals surface area contributed by atoms with Gasteiger partial charge in [-0.3, -0.25) is 4.79 Å². The van der Waals surface area contributed by atoms with Crippen LogP contribution in [-0.2, 0) is 16.8 Å². The molecule has 1 saturated heterocycles. The summed E-state index contributed by atoms with van der Waals surface area (Å²) in [5.74, 6) is -0.310. The van der Waals surface area contributed by atoms with Gasteiger partial charge < -0.3 is 9.64 Å². The molecule has 1 amide bonds. The summed E-state index contributed by atoms with van der Waals surface area (Å²) in [6.45, 7) is -1.05. The Labute approximate surface area is 176 Å². The van der Waals surface area contributed by atoms with Crippen LogP contribution in [0.5, 0.6) is 0 Å². The summed E-state index contributed by atoms with van der Waals surface area (Å²) in [6, 6.07) is 13.9. The Morgan fingerprint density at radius 1 is 1.17 bits per heavy atom. The number of likely N-dealkylation sites (tertiary alicyclic amines) is 1. The molecule has 30 heavy (non-hydrogen) atoms. The number of carbonyl (C=O) groups excluding carboxylic acids is 1. The van der Waals surface area contributed by atoms with Gasteiger partial charge in [0.2, 0.25) is 0 Å². The molecule has 2 aliphatic rings. The number of benzene rings is 1. The van der Waals surface area contributed by atoms with E-state index in [1.165, 1.54) is 26.9 Å². The molecule has 2 aliphatic heterocycles. The molecule has 2 aromatic heterocycles. The Hall–Kier alpha value is -2.58. The highest BCUT2D eigenvalue weighted by molar-refractivity contribution is 7.15. The Bertz CT molecular complexity index is 1060. The van der Waals surface area contributed by atoms with Crippen molar-refractivity contribution in [3.63, 3.8) is 0 Å². The number of ether oxygens (including phenoxy) is 1. The first-order valence-electron chi connectivity index (χ1n) is 10.0. The van der Waals surface area contributed by atoms with E-state index < -0.39 is 6.55 Å². The number of rotatable bonds is 3.